The highest BCUT2D eigenvalue weighted by molar-refractivity contribution is 7.04. The minimum atomic E-state index is -1.11. The molecule has 0 atom stereocenters. The van der Waals surface area contributed by atoms with E-state index in [0.29, 0.717) is 0 Å². The maximum absolute atomic E-state index is 2.43. The lowest BCUT2D eigenvalue weighted by atomic mass is 10.4. The molecule has 0 nitrogen and oxygen atoms in total. The summed E-state index contributed by atoms with van der Waals surface area (Å²) in [4.78, 5) is 0. The van der Waals surface area contributed by atoms with Crippen molar-refractivity contribution in [3.8, 4) is 0 Å². The van der Waals surface area contributed by atoms with E-state index >= 15 is 0 Å². The lowest BCUT2D eigenvalue weighted by Gasteiger charge is -2.51. The highest BCUT2D eigenvalue weighted by Gasteiger charge is 2.52. The quantitative estimate of drug-likeness (QED) is 0.741. The second-order valence-corrected chi connectivity index (χ2v) is 16.1. The Kier molecular flexibility index (Phi) is 2.97. The van der Waals surface area contributed by atoms with Crippen molar-refractivity contribution in [2.45, 2.75) is 36.3 Å². The predicted molar refractivity (Wildman–Crippen MR) is 92.5 cm³/mol. The Labute approximate surface area is 123 Å². The zero-order valence-electron chi connectivity index (χ0n) is 12.0. The third-order valence-corrected chi connectivity index (χ3v) is 17.9. The maximum atomic E-state index is 2.43. The summed E-state index contributed by atoms with van der Waals surface area (Å²) >= 11 is 0. The molecule has 102 valence electrons. The maximum Gasteiger partial charge on any atom is 0.0859 e. The van der Waals surface area contributed by atoms with E-state index in [1.807, 2.05) is 0 Å². The molecule has 0 spiro atoms. The summed E-state index contributed by atoms with van der Waals surface area (Å²) < 4.78 is 0. The monoisotopic (exact) mass is 294 g/mol. The van der Waals surface area contributed by atoms with Gasteiger partial charge in [-0.15, -0.1) is 0 Å². The first kappa shape index (κ1) is 12.6. The van der Waals surface area contributed by atoms with Gasteiger partial charge in [-0.05, 0) is 0 Å². The fraction of sp³-hybridized carbons (Fsp3) is 0.333. The van der Waals surface area contributed by atoms with Crippen LogP contribution in [0.3, 0.4) is 0 Å². The second kappa shape index (κ2) is 4.71. The molecule has 0 amide bonds. The first-order valence-corrected chi connectivity index (χ1v) is 13.2. The topological polar surface area (TPSA) is 0 Å². The van der Waals surface area contributed by atoms with Crippen LogP contribution in [0.25, 0.3) is 0 Å². The summed E-state index contributed by atoms with van der Waals surface area (Å²) in [5.74, 6) is 0. The molecule has 5 rings (SSSR count). The van der Waals surface area contributed by atoms with Gasteiger partial charge < -0.3 is 0 Å². The van der Waals surface area contributed by atoms with Gasteiger partial charge in [0, 0.05) is 0 Å². The van der Waals surface area contributed by atoms with Crippen LogP contribution in [-0.2, 0) is 0 Å². The molecule has 0 radical (unpaired) electrons. The van der Waals surface area contributed by atoms with Crippen molar-refractivity contribution in [3.05, 3.63) is 60.7 Å². The summed E-state index contributed by atoms with van der Waals surface area (Å²) in [6, 6.07) is 32.5. The summed E-state index contributed by atoms with van der Waals surface area (Å²) in [5, 5.41) is 3.49. The molecule has 0 unspecified atom stereocenters. The molecular weight excluding hydrogens is 272 g/mol. The largest absolute Gasteiger partial charge is 0.0859 e. The van der Waals surface area contributed by atoms with Gasteiger partial charge >= 0.3 is 0 Å². The third-order valence-electron chi connectivity index (χ3n) is 6.02. The van der Waals surface area contributed by atoms with E-state index in [2.05, 4.69) is 60.7 Å². The molecule has 2 aromatic carbocycles. The summed E-state index contributed by atoms with van der Waals surface area (Å²) in [6.45, 7) is 0. The Bertz CT molecular complexity index is 511. The zero-order chi connectivity index (χ0) is 13.5. The Morgan fingerprint density at radius 2 is 0.750 bits per heavy atom. The van der Waals surface area contributed by atoms with Crippen LogP contribution in [0.15, 0.2) is 60.7 Å². The highest BCUT2D eigenvalue weighted by atomic mass is 28.3. The number of benzene rings is 2. The average molecular weight is 295 g/mol. The van der Waals surface area contributed by atoms with Gasteiger partial charge in [0.2, 0.25) is 0 Å². The van der Waals surface area contributed by atoms with Crippen molar-refractivity contribution in [3.63, 3.8) is 0 Å². The number of fused-ring (bicyclic) bond motifs is 3. The van der Waals surface area contributed by atoms with E-state index in [9.17, 15) is 0 Å². The molecule has 0 N–H and O–H groups in total. The van der Waals surface area contributed by atoms with Crippen LogP contribution in [0.4, 0.5) is 0 Å². The molecule has 0 saturated carbocycles. The van der Waals surface area contributed by atoms with Crippen molar-refractivity contribution < 1.29 is 0 Å². The fourth-order valence-electron chi connectivity index (χ4n) is 4.64. The number of rotatable bonds is 2. The first-order chi connectivity index (χ1) is 9.83. The Balaban J connectivity index is 1.64. The number of hydrogen-bond acceptors (Lipinski definition) is 0. The Hall–Kier alpha value is -1.13. The lowest BCUT2D eigenvalue weighted by Crippen LogP contribution is -2.64. The van der Waals surface area contributed by atoms with Gasteiger partial charge in [0.25, 0.3) is 0 Å². The van der Waals surface area contributed by atoms with Gasteiger partial charge in [0.15, 0.2) is 0 Å². The molecule has 3 aliphatic heterocycles. The van der Waals surface area contributed by atoms with Gasteiger partial charge in [-0.1, -0.05) is 107 Å². The van der Waals surface area contributed by atoms with Crippen LogP contribution in [0.5, 0.6) is 0 Å². The average Bonchev–Trinajstić information content (AvgIpc) is 2.58. The van der Waals surface area contributed by atoms with Crippen LogP contribution in [0, 0.1) is 0 Å². The van der Waals surface area contributed by atoms with Crippen molar-refractivity contribution in [1.29, 1.82) is 0 Å². The van der Waals surface area contributed by atoms with Crippen molar-refractivity contribution >= 4 is 26.5 Å². The molecule has 3 aliphatic rings. The van der Waals surface area contributed by atoms with E-state index in [-0.39, 0.29) is 0 Å². The van der Waals surface area contributed by atoms with Crippen LogP contribution in [0.2, 0.25) is 36.3 Å². The summed E-state index contributed by atoms with van der Waals surface area (Å²) in [6.07, 6.45) is 0. The SMILES string of the molecule is c1ccc([Si]23CC[Si](c4ccccc4)(CC2)CC3)cc1. The van der Waals surface area contributed by atoms with E-state index in [4.69, 9.17) is 0 Å². The van der Waals surface area contributed by atoms with Crippen molar-refractivity contribution in [2.75, 3.05) is 0 Å². The molecule has 20 heavy (non-hydrogen) atoms. The molecular formula is C18H22Si2. The molecule has 0 aromatic heterocycles. The molecule has 0 aliphatic carbocycles. The molecule has 2 heteroatoms. The normalized spacial score (nSPS) is 32.2. The zero-order valence-corrected chi connectivity index (χ0v) is 14.0. The Morgan fingerprint density at radius 3 is 1.05 bits per heavy atom. The lowest BCUT2D eigenvalue weighted by molar-refractivity contribution is 1.00. The molecule has 3 fully saturated rings. The smallest absolute Gasteiger partial charge is 0.0630 e. The molecule has 2 bridgehead atoms. The fourth-order valence-corrected chi connectivity index (χ4v) is 21.2. The first-order valence-electron chi connectivity index (χ1n) is 7.94. The highest BCUT2D eigenvalue weighted by Crippen LogP contribution is 2.47. The standard InChI is InChI=1S/C18H22Si2/c1-3-7-17(8-4-1)19-11-14-20(15-12-19,16-13-19)18-9-5-2-6-10-18/h1-10H,11-16H2. The van der Waals surface area contributed by atoms with E-state index in [0.717, 1.165) is 0 Å². The minimum Gasteiger partial charge on any atom is -0.0630 e. The molecule has 3 heterocycles. The van der Waals surface area contributed by atoms with E-state index < -0.39 is 16.1 Å². The van der Waals surface area contributed by atoms with E-state index in [1.54, 1.807) is 46.6 Å². The van der Waals surface area contributed by atoms with Crippen LogP contribution < -0.4 is 10.4 Å². The number of hydrogen-bond donors (Lipinski definition) is 0. The Morgan fingerprint density at radius 1 is 0.450 bits per heavy atom. The van der Waals surface area contributed by atoms with Crippen LogP contribution >= 0.6 is 0 Å². The van der Waals surface area contributed by atoms with Crippen molar-refractivity contribution in [1.82, 2.24) is 0 Å². The molecule has 3 saturated heterocycles. The van der Waals surface area contributed by atoms with Gasteiger partial charge in [-0.25, -0.2) is 0 Å². The van der Waals surface area contributed by atoms with Gasteiger partial charge in [0.1, 0.15) is 0 Å². The van der Waals surface area contributed by atoms with E-state index in [1.165, 1.54) is 0 Å². The second-order valence-electron chi connectivity index (χ2n) is 6.79. The van der Waals surface area contributed by atoms with Gasteiger partial charge in [-0.3, -0.25) is 0 Å². The van der Waals surface area contributed by atoms with Crippen LogP contribution in [0.1, 0.15) is 0 Å². The molecule has 2 aromatic rings. The summed E-state index contributed by atoms with van der Waals surface area (Å²) in [7, 11) is -2.22. The van der Waals surface area contributed by atoms with Crippen LogP contribution in [-0.4, -0.2) is 16.1 Å². The summed E-state index contributed by atoms with van der Waals surface area (Å²) in [5.41, 5.74) is 0. The van der Waals surface area contributed by atoms with Gasteiger partial charge in [-0.2, -0.15) is 0 Å². The minimum absolute atomic E-state index is 1.11. The van der Waals surface area contributed by atoms with Crippen molar-refractivity contribution in [2.24, 2.45) is 0 Å². The third kappa shape index (κ3) is 1.86. The van der Waals surface area contributed by atoms with Gasteiger partial charge in [0.05, 0.1) is 16.1 Å². The predicted octanol–water partition coefficient (Wildman–Crippen LogP) is 3.73.